The number of benzene rings is 1. The molecule has 2 aromatic rings. The molecule has 0 aliphatic carbocycles. The molecule has 1 amide bonds. The molecule has 0 atom stereocenters. The van der Waals surface area contributed by atoms with Gasteiger partial charge in [-0.05, 0) is 6.07 Å². The summed E-state index contributed by atoms with van der Waals surface area (Å²) < 4.78 is 10.1. The van der Waals surface area contributed by atoms with Crippen LogP contribution in [0.25, 0.3) is 10.9 Å². The van der Waals surface area contributed by atoms with Crippen molar-refractivity contribution >= 4 is 16.8 Å². The standard InChI is InChI=1S/C13H17N3O3/c1-18-7-8-19-6-5-14-13(17)11-4-2-3-10-9-15-16-12(10)11/h2-4,9H,5-8H2,1H3,(H,14,17)(H,15,16). The van der Waals surface area contributed by atoms with Crippen molar-refractivity contribution in [2.45, 2.75) is 0 Å². The van der Waals surface area contributed by atoms with Crippen LogP contribution in [0.4, 0.5) is 0 Å². The van der Waals surface area contributed by atoms with E-state index < -0.39 is 0 Å². The minimum Gasteiger partial charge on any atom is -0.382 e. The first kappa shape index (κ1) is 13.5. The van der Waals surface area contributed by atoms with Gasteiger partial charge in [0.2, 0.25) is 0 Å². The number of hydrogen-bond donors (Lipinski definition) is 2. The SMILES string of the molecule is COCCOCCNC(=O)c1cccc2cn[nH]c12. The first-order valence-corrected chi connectivity index (χ1v) is 6.10. The van der Waals surface area contributed by atoms with E-state index in [1.54, 1.807) is 19.4 Å². The van der Waals surface area contributed by atoms with Crippen molar-refractivity contribution in [3.05, 3.63) is 30.0 Å². The number of hydrogen-bond acceptors (Lipinski definition) is 4. The Kier molecular flexibility index (Phi) is 4.88. The lowest BCUT2D eigenvalue weighted by Crippen LogP contribution is -2.27. The Labute approximate surface area is 111 Å². The Balaban J connectivity index is 1.85. The van der Waals surface area contributed by atoms with Gasteiger partial charge in [0.1, 0.15) is 0 Å². The molecule has 0 bridgehead atoms. The number of rotatable bonds is 7. The van der Waals surface area contributed by atoms with Crippen LogP contribution in [0.15, 0.2) is 24.4 Å². The zero-order chi connectivity index (χ0) is 13.5. The maximum atomic E-state index is 12.0. The van der Waals surface area contributed by atoms with Crippen LogP contribution in [-0.4, -0.2) is 49.6 Å². The van der Waals surface area contributed by atoms with Crippen molar-refractivity contribution in [3.63, 3.8) is 0 Å². The number of nitrogens with zero attached hydrogens (tertiary/aromatic N) is 1. The van der Waals surface area contributed by atoms with Gasteiger partial charge in [-0.15, -0.1) is 0 Å². The second kappa shape index (κ2) is 6.86. The van der Waals surface area contributed by atoms with E-state index in [0.29, 0.717) is 31.9 Å². The lowest BCUT2D eigenvalue weighted by molar-refractivity contribution is 0.0693. The minimum absolute atomic E-state index is 0.134. The van der Waals surface area contributed by atoms with Gasteiger partial charge in [0.15, 0.2) is 0 Å². The molecule has 2 rings (SSSR count). The van der Waals surface area contributed by atoms with Crippen molar-refractivity contribution in [1.29, 1.82) is 0 Å². The van der Waals surface area contributed by atoms with E-state index in [1.807, 2.05) is 12.1 Å². The minimum atomic E-state index is -0.134. The summed E-state index contributed by atoms with van der Waals surface area (Å²) in [5.41, 5.74) is 1.34. The van der Waals surface area contributed by atoms with E-state index in [0.717, 1.165) is 10.9 Å². The number of H-pyrrole nitrogens is 1. The zero-order valence-electron chi connectivity index (χ0n) is 10.8. The Hall–Kier alpha value is -1.92. The summed E-state index contributed by atoms with van der Waals surface area (Å²) in [6.07, 6.45) is 1.69. The molecular formula is C13H17N3O3. The summed E-state index contributed by atoms with van der Waals surface area (Å²) in [5, 5.41) is 10.5. The molecule has 0 unspecified atom stereocenters. The lowest BCUT2D eigenvalue weighted by Gasteiger charge is -2.06. The van der Waals surface area contributed by atoms with E-state index in [9.17, 15) is 4.79 Å². The highest BCUT2D eigenvalue weighted by molar-refractivity contribution is 6.05. The fourth-order valence-electron chi connectivity index (χ4n) is 1.73. The van der Waals surface area contributed by atoms with Crippen molar-refractivity contribution in [1.82, 2.24) is 15.5 Å². The number of ether oxygens (including phenoxy) is 2. The maximum Gasteiger partial charge on any atom is 0.253 e. The average Bonchev–Trinajstić information content (AvgIpc) is 2.90. The molecule has 0 fully saturated rings. The third-order valence-corrected chi connectivity index (χ3v) is 2.69. The fourth-order valence-corrected chi connectivity index (χ4v) is 1.73. The Bertz CT molecular complexity index is 539. The van der Waals surface area contributed by atoms with Crippen LogP contribution in [0.5, 0.6) is 0 Å². The summed E-state index contributed by atoms with van der Waals surface area (Å²) in [6.45, 7) is 2.02. The largest absolute Gasteiger partial charge is 0.382 e. The molecule has 1 aromatic carbocycles. The topological polar surface area (TPSA) is 76.2 Å². The number of para-hydroxylation sites is 1. The molecule has 0 saturated carbocycles. The van der Waals surface area contributed by atoms with Gasteiger partial charge in [-0.1, -0.05) is 12.1 Å². The van der Waals surface area contributed by atoms with Gasteiger partial charge >= 0.3 is 0 Å². The highest BCUT2D eigenvalue weighted by atomic mass is 16.5. The number of aromatic nitrogens is 2. The average molecular weight is 263 g/mol. The Morgan fingerprint density at radius 1 is 1.37 bits per heavy atom. The number of carbonyl (C=O) groups is 1. The van der Waals surface area contributed by atoms with Crippen LogP contribution in [0.1, 0.15) is 10.4 Å². The summed E-state index contributed by atoms with van der Waals surface area (Å²) in [5.74, 6) is -0.134. The molecule has 2 N–H and O–H groups in total. The van der Waals surface area contributed by atoms with E-state index in [2.05, 4.69) is 15.5 Å². The molecule has 0 radical (unpaired) electrons. The summed E-state index contributed by atoms with van der Waals surface area (Å²) in [7, 11) is 1.62. The first-order valence-electron chi connectivity index (χ1n) is 6.10. The number of fused-ring (bicyclic) bond motifs is 1. The van der Waals surface area contributed by atoms with E-state index in [-0.39, 0.29) is 5.91 Å². The van der Waals surface area contributed by atoms with Gasteiger partial charge in [0, 0.05) is 19.0 Å². The molecule has 6 nitrogen and oxygen atoms in total. The third kappa shape index (κ3) is 3.52. The summed E-state index contributed by atoms with van der Waals surface area (Å²) in [6, 6.07) is 5.51. The van der Waals surface area contributed by atoms with Gasteiger partial charge in [0.25, 0.3) is 5.91 Å². The number of aromatic amines is 1. The van der Waals surface area contributed by atoms with Gasteiger partial charge in [-0.2, -0.15) is 5.10 Å². The van der Waals surface area contributed by atoms with Crippen molar-refractivity contribution in [2.24, 2.45) is 0 Å². The number of methoxy groups -OCH3 is 1. The van der Waals surface area contributed by atoms with Crippen molar-refractivity contribution in [2.75, 3.05) is 33.5 Å². The molecule has 0 aliphatic rings. The molecule has 1 aromatic heterocycles. The van der Waals surface area contributed by atoms with E-state index in [1.165, 1.54) is 0 Å². The first-order chi connectivity index (χ1) is 9.33. The zero-order valence-corrected chi connectivity index (χ0v) is 10.8. The molecule has 0 aliphatic heterocycles. The molecule has 19 heavy (non-hydrogen) atoms. The van der Waals surface area contributed by atoms with E-state index >= 15 is 0 Å². The number of nitrogens with one attached hydrogen (secondary N) is 2. The predicted molar refractivity (Wildman–Crippen MR) is 71.1 cm³/mol. The quantitative estimate of drug-likeness (QED) is 0.729. The molecule has 6 heteroatoms. The normalized spacial score (nSPS) is 10.8. The number of amides is 1. The van der Waals surface area contributed by atoms with Crippen LogP contribution in [0.3, 0.4) is 0 Å². The van der Waals surface area contributed by atoms with Gasteiger partial charge in [-0.3, -0.25) is 9.89 Å². The molecule has 1 heterocycles. The fraction of sp³-hybridized carbons (Fsp3) is 0.385. The highest BCUT2D eigenvalue weighted by Crippen LogP contribution is 2.15. The smallest absolute Gasteiger partial charge is 0.253 e. The van der Waals surface area contributed by atoms with Crippen LogP contribution in [0.2, 0.25) is 0 Å². The molecule has 0 spiro atoms. The Morgan fingerprint density at radius 2 is 2.26 bits per heavy atom. The van der Waals surface area contributed by atoms with Gasteiger partial charge in [-0.25, -0.2) is 0 Å². The van der Waals surface area contributed by atoms with E-state index in [4.69, 9.17) is 9.47 Å². The molecule has 0 saturated heterocycles. The highest BCUT2D eigenvalue weighted by Gasteiger charge is 2.10. The van der Waals surface area contributed by atoms with Crippen LogP contribution in [-0.2, 0) is 9.47 Å². The summed E-state index contributed by atoms with van der Waals surface area (Å²) in [4.78, 5) is 12.0. The van der Waals surface area contributed by atoms with Crippen molar-refractivity contribution in [3.8, 4) is 0 Å². The predicted octanol–water partition coefficient (Wildman–Crippen LogP) is 0.956. The second-order valence-electron chi connectivity index (χ2n) is 4.00. The van der Waals surface area contributed by atoms with Gasteiger partial charge < -0.3 is 14.8 Å². The third-order valence-electron chi connectivity index (χ3n) is 2.69. The lowest BCUT2D eigenvalue weighted by atomic mass is 10.1. The van der Waals surface area contributed by atoms with Gasteiger partial charge in [0.05, 0.1) is 37.1 Å². The summed E-state index contributed by atoms with van der Waals surface area (Å²) >= 11 is 0. The van der Waals surface area contributed by atoms with Crippen LogP contribution < -0.4 is 5.32 Å². The van der Waals surface area contributed by atoms with Crippen LogP contribution in [0, 0.1) is 0 Å². The second-order valence-corrected chi connectivity index (χ2v) is 4.00. The Morgan fingerprint density at radius 3 is 3.11 bits per heavy atom. The molecule has 102 valence electrons. The molecular weight excluding hydrogens is 246 g/mol. The monoisotopic (exact) mass is 263 g/mol. The van der Waals surface area contributed by atoms with Crippen molar-refractivity contribution < 1.29 is 14.3 Å². The van der Waals surface area contributed by atoms with Crippen LogP contribution >= 0.6 is 0 Å². The maximum absolute atomic E-state index is 12.0. The number of carbonyl (C=O) groups excluding carboxylic acids is 1.